The second-order valence-electron chi connectivity index (χ2n) is 1.43. The molecule has 1 heteroatoms. The maximum Gasteiger partial charge on any atom is 0.118 e. The highest BCUT2D eigenvalue weighted by molar-refractivity contribution is 5.03. The molecule has 1 N–H and O–H groups in total. The molecule has 1 nitrogen and oxygen atoms in total. The minimum Gasteiger partial charge on any atom is -0.380 e. The largest absolute Gasteiger partial charge is 0.380 e. The molecule has 0 aliphatic heterocycles. The molecule has 0 saturated heterocycles. The molecule has 1 atom stereocenters. The van der Waals surface area contributed by atoms with Gasteiger partial charge in [0.25, 0.3) is 0 Å². The lowest BCUT2D eigenvalue weighted by Gasteiger charge is -1.93. The van der Waals surface area contributed by atoms with Crippen molar-refractivity contribution in [1.82, 2.24) is 0 Å². The van der Waals surface area contributed by atoms with Crippen LogP contribution in [0.2, 0.25) is 0 Å². The van der Waals surface area contributed by atoms with Crippen molar-refractivity contribution in [3.05, 3.63) is 12.7 Å². The van der Waals surface area contributed by atoms with Crippen molar-refractivity contribution in [1.29, 1.82) is 0 Å². The Morgan fingerprint density at radius 3 is 2.88 bits per heavy atom. The van der Waals surface area contributed by atoms with Gasteiger partial charge in [0.1, 0.15) is 6.10 Å². The number of hydrogen-bond donors (Lipinski definition) is 1. The fourth-order valence-corrected chi connectivity index (χ4v) is 0.383. The van der Waals surface area contributed by atoms with Gasteiger partial charge in [-0.3, -0.25) is 0 Å². The molecule has 1 unspecified atom stereocenters. The van der Waals surface area contributed by atoms with E-state index in [1.165, 1.54) is 0 Å². The van der Waals surface area contributed by atoms with E-state index in [-0.39, 0.29) is 0 Å². The first-order chi connectivity index (χ1) is 3.81. The molecule has 0 saturated carbocycles. The standard InChI is InChI=1S/C7H10O/c1-3-5-7(8)6-4-2/h3,7-8H,1,5H2,2H3. The number of hydrogen-bond acceptors (Lipinski definition) is 1. The Kier molecular flexibility index (Phi) is 4.01. The van der Waals surface area contributed by atoms with Gasteiger partial charge in [0.2, 0.25) is 0 Å². The molecule has 0 aliphatic carbocycles. The Bertz CT molecular complexity index is 116. The van der Waals surface area contributed by atoms with Gasteiger partial charge >= 0.3 is 0 Å². The summed E-state index contributed by atoms with van der Waals surface area (Å²) in [5.41, 5.74) is 0. The molecule has 0 aromatic carbocycles. The van der Waals surface area contributed by atoms with Gasteiger partial charge in [-0.25, -0.2) is 0 Å². The first kappa shape index (κ1) is 7.26. The fourth-order valence-electron chi connectivity index (χ4n) is 0.383. The Morgan fingerprint density at radius 1 is 1.88 bits per heavy atom. The predicted octanol–water partition coefficient (Wildman–Crippen LogP) is 0.947. The van der Waals surface area contributed by atoms with Crippen LogP contribution in [0.1, 0.15) is 13.3 Å². The summed E-state index contributed by atoms with van der Waals surface area (Å²) in [5.74, 6) is 5.19. The van der Waals surface area contributed by atoms with Crippen molar-refractivity contribution < 1.29 is 5.11 Å². The van der Waals surface area contributed by atoms with E-state index < -0.39 is 6.10 Å². The summed E-state index contributed by atoms with van der Waals surface area (Å²) < 4.78 is 0. The van der Waals surface area contributed by atoms with Crippen LogP contribution < -0.4 is 0 Å². The van der Waals surface area contributed by atoms with Gasteiger partial charge in [-0.05, 0) is 6.92 Å². The monoisotopic (exact) mass is 110 g/mol. The lowest BCUT2D eigenvalue weighted by Crippen LogP contribution is -1.98. The van der Waals surface area contributed by atoms with Crippen molar-refractivity contribution in [3.8, 4) is 11.8 Å². The number of aliphatic hydroxyl groups excluding tert-OH is 1. The fraction of sp³-hybridized carbons (Fsp3) is 0.429. The van der Waals surface area contributed by atoms with Crippen molar-refractivity contribution in [2.24, 2.45) is 0 Å². The quantitative estimate of drug-likeness (QED) is 0.414. The summed E-state index contributed by atoms with van der Waals surface area (Å²) in [6, 6.07) is 0. The predicted molar refractivity (Wildman–Crippen MR) is 34.3 cm³/mol. The van der Waals surface area contributed by atoms with Crippen molar-refractivity contribution >= 4 is 0 Å². The molecule has 0 heterocycles. The smallest absolute Gasteiger partial charge is 0.118 e. The summed E-state index contributed by atoms with van der Waals surface area (Å²) in [6.45, 7) is 5.16. The molecular formula is C7H10O. The van der Waals surface area contributed by atoms with Crippen LogP contribution in [0, 0.1) is 11.8 Å². The van der Waals surface area contributed by atoms with Crippen LogP contribution in [-0.2, 0) is 0 Å². The van der Waals surface area contributed by atoms with Gasteiger partial charge in [0.15, 0.2) is 0 Å². The van der Waals surface area contributed by atoms with E-state index in [1.54, 1.807) is 13.0 Å². The van der Waals surface area contributed by atoms with E-state index in [2.05, 4.69) is 18.4 Å². The van der Waals surface area contributed by atoms with E-state index >= 15 is 0 Å². The third-order valence-electron chi connectivity index (χ3n) is 0.701. The van der Waals surface area contributed by atoms with Crippen LogP contribution in [0.4, 0.5) is 0 Å². The van der Waals surface area contributed by atoms with Crippen LogP contribution >= 0.6 is 0 Å². The lowest BCUT2D eigenvalue weighted by molar-refractivity contribution is 0.236. The molecule has 0 bridgehead atoms. The second kappa shape index (κ2) is 4.42. The summed E-state index contributed by atoms with van der Waals surface area (Å²) in [6.07, 6.45) is 1.69. The Morgan fingerprint density at radius 2 is 2.50 bits per heavy atom. The first-order valence-electron chi connectivity index (χ1n) is 2.52. The van der Waals surface area contributed by atoms with Gasteiger partial charge in [0.05, 0.1) is 0 Å². The maximum atomic E-state index is 8.80. The zero-order valence-corrected chi connectivity index (χ0v) is 5.02. The van der Waals surface area contributed by atoms with Crippen molar-refractivity contribution in [2.45, 2.75) is 19.4 Å². The average Bonchev–Trinajstić information content (AvgIpc) is 1.68. The van der Waals surface area contributed by atoms with E-state index in [9.17, 15) is 0 Å². The minimum atomic E-state index is -0.516. The van der Waals surface area contributed by atoms with Crippen LogP contribution in [0.3, 0.4) is 0 Å². The minimum absolute atomic E-state index is 0.516. The van der Waals surface area contributed by atoms with E-state index in [0.717, 1.165) is 0 Å². The molecule has 0 aromatic rings. The first-order valence-corrected chi connectivity index (χ1v) is 2.52. The number of rotatable bonds is 2. The highest BCUT2D eigenvalue weighted by atomic mass is 16.3. The molecule has 44 valence electrons. The molecule has 0 aliphatic rings. The van der Waals surface area contributed by atoms with Crippen LogP contribution in [0.15, 0.2) is 12.7 Å². The Hall–Kier alpha value is -0.740. The summed E-state index contributed by atoms with van der Waals surface area (Å²) in [7, 11) is 0. The summed E-state index contributed by atoms with van der Waals surface area (Å²) >= 11 is 0. The Balaban J connectivity index is 3.41. The van der Waals surface area contributed by atoms with Crippen LogP contribution in [-0.4, -0.2) is 11.2 Å². The number of aliphatic hydroxyl groups is 1. The van der Waals surface area contributed by atoms with Gasteiger partial charge in [-0.15, -0.1) is 12.5 Å². The lowest BCUT2D eigenvalue weighted by atomic mass is 10.2. The zero-order valence-electron chi connectivity index (χ0n) is 5.02. The summed E-state index contributed by atoms with van der Waals surface area (Å²) in [4.78, 5) is 0. The van der Waals surface area contributed by atoms with E-state index in [4.69, 9.17) is 5.11 Å². The topological polar surface area (TPSA) is 20.2 Å². The van der Waals surface area contributed by atoms with Crippen molar-refractivity contribution in [2.75, 3.05) is 0 Å². The molecule has 0 radical (unpaired) electrons. The molecule has 0 fully saturated rings. The highest BCUT2D eigenvalue weighted by Crippen LogP contribution is 1.87. The van der Waals surface area contributed by atoms with Crippen LogP contribution in [0.25, 0.3) is 0 Å². The molecule has 0 aromatic heterocycles. The zero-order chi connectivity index (χ0) is 6.41. The van der Waals surface area contributed by atoms with E-state index in [0.29, 0.717) is 6.42 Å². The average molecular weight is 110 g/mol. The molecular weight excluding hydrogens is 100 g/mol. The van der Waals surface area contributed by atoms with Gasteiger partial charge in [0, 0.05) is 6.42 Å². The van der Waals surface area contributed by atoms with Gasteiger partial charge in [-0.1, -0.05) is 12.0 Å². The van der Waals surface area contributed by atoms with Gasteiger partial charge in [-0.2, -0.15) is 0 Å². The molecule has 0 rings (SSSR count). The van der Waals surface area contributed by atoms with Crippen molar-refractivity contribution in [3.63, 3.8) is 0 Å². The molecule has 0 spiro atoms. The molecule has 0 amide bonds. The van der Waals surface area contributed by atoms with Gasteiger partial charge < -0.3 is 5.11 Å². The van der Waals surface area contributed by atoms with E-state index in [1.807, 2.05) is 0 Å². The third kappa shape index (κ3) is 3.45. The SMILES string of the molecule is C=CCC(O)C#CC. The summed E-state index contributed by atoms with van der Waals surface area (Å²) in [5, 5.41) is 8.80. The van der Waals surface area contributed by atoms with Crippen LogP contribution in [0.5, 0.6) is 0 Å². The third-order valence-corrected chi connectivity index (χ3v) is 0.701. The Labute approximate surface area is 50.0 Å². The molecule has 8 heavy (non-hydrogen) atoms. The highest BCUT2D eigenvalue weighted by Gasteiger charge is 1.90. The maximum absolute atomic E-state index is 8.80. The normalized spacial score (nSPS) is 11.2. The second-order valence-corrected chi connectivity index (χ2v) is 1.43.